The van der Waals surface area contributed by atoms with Gasteiger partial charge in [-0.15, -0.1) is 11.3 Å². The van der Waals surface area contributed by atoms with Gasteiger partial charge in [0.25, 0.3) is 0 Å². The van der Waals surface area contributed by atoms with Crippen LogP contribution in [0.25, 0.3) is 11.3 Å². The fourth-order valence-electron chi connectivity index (χ4n) is 2.49. The molecular weight excluding hydrogens is 460 g/mol. The lowest BCUT2D eigenvalue weighted by atomic mass is 10.1. The lowest BCUT2D eigenvalue weighted by molar-refractivity contribution is 0.721. The number of nitrogens with zero attached hydrogens (tertiary/aromatic N) is 5. The second-order valence-electron chi connectivity index (χ2n) is 5.82. The zero-order valence-corrected chi connectivity index (χ0v) is 17.6. The monoisotopic (exact) mass is 472 g/mol. The Labute approximate surface area is 179 Å². The Morgan fingerprint density at radius 3 is 2.64 bits per heavy atom. The van der Waals surface area contributed by atoms with Gasteiger partial charge in [0.2, 0.25) is 5.13 Å². The molecule has 2 aromatic heterocycles. The number of aromatic nitrogens is 4. The third-order valence-electron chi connectivity index (χ3n) is 3.89. The van der Waals surface area contributed by atoms with Crippen LogP contribution in [0, 0.1) is 0 Å². The molecule has 0 saturated carbocycles. The number of hydrogen-bond donors (Lipinski definition) is 1. The predicted molar refractivity (Wildman–Crippen MR) is 117 cm³/mol. The molecule has 2 heterocycles. The second kappa shape index (κ2) is 8.64. The van der Waals surface area contributed by atoms with Crippen LogP contribution in [-0.4, -0.2) is 25.5 Å². The number of halogens is 2. The van der Waals surface area contributed by atoms with Gasteiger partial charge in [0.1, 0.15) is 12.7 Å². The zero-order chi connectivity index (χ0) is 19.3. The highest BCUT2D eigenvalue weighted by Gasteiger charge is 2.08. The Kier molecular flexibility index (Phi) is 5.80. The van der Waals surface area contributed by atoms with E-state index in [4.69, 9.17) is 11.6 Å². The number of anilines is 1. The van der Waals surface area contributed by atoms with Crippen LogP contribution >= 0.6 is 38.9 Å². The highest BCUT2D eigenvalue weighted by molar-refractivity contribution is 9.10. The van der Waals surface area contributed by atoms with Crippen LogP contribution in [0.4, 0.5) is 5.13 Å². The van der Waals surface area contributed by atoms with Gasteiger partial charge in [-0.1, -0.05) is 51.8 Å². The predicted octanol–water partition coefficient (Wildman–Crippen LogP) is 5.33. The summed E-state index contributed by atoms with van der Waals surface area (Å²) in [5.41, 5.74) is 6.75. The molecule has 0 aliphatic carbocycles. The molecule has 28 heavy (non-hydrogen) atoms. The van der Waals surface area contributed by atoms with Crippen molar-refractivity contribution in [3.8, 4) is 11.3 Å². The average molecular weight is 474 g/mol. The van der Waals surface area contributed by atoms with Gasteiger partial charge >= 0.3 is 0 Å². The van der Waals surface area contributed by atoms with Crippen LogP contribution in [0.2, 0.25) is 5.02 Å². The standard InChI is InChI=1S/C19H14BrClN6S/c20-15-5-1-14(2-6-15)18-10-28-19(24-18)26-25-17(9-27-12-22-11-23-27)13-3-7-16(21)8-4-13/h1-8,10-12H,9H2,(H,24,26)/b25-17+. The van der Waals surface area contributed by atoms with Gasteiger partial charge in [0.15, 0.2) is 0 Å². The van der Waals surface area contributed by atoms with Crippen LogP contribution in [0.5, 0.6) is 0 Å². The molecular formula is C19H14BrClN6S. The minimum Gasteiger partial charge on any atom is -0.252 e. The van der Waals surface area contributed by atoms with E-state index in [-0.39, 0.29) is 0 Å². The van der Waals surface area contributed by atoms with E-state index in [1.807, 2.05) is 53.9 Å². The van der Waals surface area contributed by atoms with Crippen molar-refractivity contribution in [1.82, 2.24) is 19.7 Å². The van der Waals surface area contributed by atoms with E-state index in [0.717, 1.165) is 27.0 Å². The van der Waals surface area contributed by atoms with Crippen molar-refractivity contribution >= 4 is 49.7 Å². The molecule has 140 valence electrons. The van der Waals surface area contributed by atoms with Crippen LogP contribution in [-0.2, 0) is 6.54 Å². The number of thiazole rings is 1. The highest BCUT2D eigenvalue weighted by atomic mass is 79.9. The van der Waals surface area contributed by atoms with Gasteiger partial charge < -0.3 is 0 Å². The summed E-state index contributed by atoms with van der Waals surface area (Å²) >= 11 is 11.0. The first kappa shape index (κ1) is 18.8. The maximum Gasteiger partial charge on any atom is 0.203 e. The molecule has 0 atom stereocenters. The first-order valence-corrected chi connectivity index (χ1v) is 10.3. The normalized spacial score (nSPS) is 11.6. The molecule has 0 unspecified atom stereocenters. The summed E-state index contributed by atoms with van der Waals surface area (Å²) < 4.78 is 2.75. The maximum absolute atomic E-state index is 6.01. The first-order valence-electron chi connectivity index (χ1n) is 8.30. The van der Waals surface area contributed by atoms with Crippen molar-refractivity contribution < 1.29 is 0 Å². The van der Waals surface area contributed by atoms with E-state index in [1.165, 1.54) is 17.7 Å². The SMILES string of the molecule is Clc1ccc(/C(Cn2cncn2)=N/Nc2nc(-c3ccc(Br)cc3)cs2)cc1. The zero-order valence-electron chi connectivity index (χ0n) is 14.5. The third-order valence-corrected chi connectivity index (χ3v) is 5.41. The molecule has 0 fully saturated rings. The molecule has 4 rings (SSSR count). The van der Waals surface area contributed by atoms with Crippen LogP contribution in [0.15, 0.2) is 76.1 Å². The Hall–Kier alpha value is -2.55. The molecule has 9 heteroatoms. The van der Waals surface area contributed by atoms with Crippen LogP contribution in [0.3, 0.4) is 0 Å². The quantitative estimate of drug-likeness (QED) is 0.303. The van der Waals surface area contributed by atoms with Crippen molar-refractivity contribution in [2.45, 2.75) is 6.54 Å². The molecule has 6 nitrogen and oxygen atoms in total. The third kappa shape index (κ3) is 4.64. The van der Waals surface area contributed by atoms with Gasteiger partial charge in [-0.25, -0.2) is 14.6 Å². The molecule has 0 spiro atoms. The molecule has 0 aliphatic heterocycles. The van der Waals surface area contributed by atoms with Gasteiger partial charge in [0.05, 0.1) is 18.0 Å². The minimum absolute atomic E-state index is 0.472. The largest absolute Gasteiger partial charge is 0.252 e. The summed E-state index contributed by atoms with van der Waals surface area (Å²) in [5.74, 6) is 0. The summed E-state index contributed by atoms with van der Waals surface area (Å²) in [5, 5.41) is 12.1. The van der Waals surface area contributed by atoms with Gasteiger partial charge in [-0.05, 0) is 29.8 Å². The van der Waals surface area contributed by atoms with Gasteiger partial charge in [0, 0.05) is 20.4 Å². The molecule has 1 N–H and O–H groups in total. The number of nitrogens with one attached hydrogen (secondary N) is 1. The average Bonchev–Trinajstić information content (AvgIpc) is 3.38. The fraction of sp³-hybridized carbons (Fsp3) is 0.0526. The highest BCUT2D eigenvalue weighted by Crippen LogP contribution is 2.26. The first-order chi connectivity index (χ1) is 13.7. The summed E-state index contributed by atoms with van der Waals surface area (Å²) in [7, 11) is 0. The Morgan fingerprint density at radius 1 is 1.14 bits per heavy atom. The number of hydrazone groups is 1. The molecule has 0 radical (unpaired) electrons. The molecule has 0 amide bonds. The molecule has 0 bridgehead atoms. The van der Waals surface area contributed by atoms with Crippen molar-refractivity contribution in [2.24, 2.45) is 5.10 Å². The lowest BCUT2D eigenvalue weighted by Gasteiger charge is -2.07. The van der Waals surface area contributed by atoms with E-state index in [0.29, 0.717) is 16.7 Å². The summed E-state index contributed by atoms with van der Waals surface area (Å²) in [6.07, 6.45) is 3.15. The summed E-state index contributed by atoms with van der Waals surface area (Å²) in [6.45, 7) is 0.472. The Morgan fingerprint density at radius 2 is 1.93 bits per heavy atom. The smallest absolute Gasteiger partial charge is 0.203 e. The molecule has 0 saturated heterocycles. The Bertz CT molecular complexity index is 1070. The number of hydrogen-bond acceptors (Lipinski definition) is 6. The number of benzene rings is 2. The topological polar surface area (TPSA) is 68.0 Å². The van der Waals surface area contributed by atoms with E-state index in [1.54, 1.807) is 11.0 Å². The van der Waals surface area contributed by atoms with E-state index >= 15 is 0 Å². The van der Waals surface area contributed by atoms with Crippen LogP contribution in [0.1, 0.15) is 5.56 Å². The van der Waals surface area contributed by atoms with Crippen molar-refractivity contribution in [1.29, 1.82) is 0 Å². The van der Waals surface area contributed by atoms with Crippen LogP contribution < -0.4 is 5.43 Å². The molecule has 2 aromatic carbocycles. The Balaban J connectivity index is 1.56. The van der Waals surface area contributed by atoms with E-state index < -0.39 is 0 Å². The van der Waals surface area contributed by atoms with Gasteiger partial charge in [-0.3, -0.25) is 5.43 Å². The maximum atomic E-state index is 6.01. The molecule has 0 aliphatic rings. The van der Waals surface area contributed by atoms with Gasteiger partial charge in [-0.2, -0.15) is 10.2 Å². The van der Waals surface area contributed by atoms with Crippen molar-refractivity contribution in [2.75, 3.05) is 5.43 Å². The van der Waals surface area contributed by atoms with E-state index in [2.05, 4.69) is 41.5 Å². The van der Waals surface area contributed by atoms with E-state index in [9.17, 15) is 0 Å². The van der Waals surface area contributed by atoms with Crippen molar-refractivity contribution in [3.05, 3.63) is 81.6 Å². The minimum atomic E-state index is 0.472. The fourth-order valence-corrected chi connectivity index (χ4v) is 3.55. The summed E-state index contributed by atoms with van der Waals surface area (Å²) in [4.78, 5) is 8.60. The van der Waals surface area contributed by atoms with Crippen molar-refractivity contribution in [3.63, 3.8) is 0 Å². The second-order valence-corrected chi connectivity index (χ2v) is 8.03. The lowest BCUT2D eigenvalue weighted by Crippen LogP contribution is -2.14. The summed E-state index contributed by atoms with van der Waals surface area (Å²) in [6, 6.07) is 15.6. The molecule has 4 aromatic rings. The number of rotatable bonds is 6.